The molecule has 2 aromatic rings. The van der Waals surface area contributed by atoms with Crippen LogP contribution >= 0.6 is 0 Å². The summed E-state index contributed by atoms with van der Waals surface area (Å²) in [5.41, 5.74) is 1.99. The van der Waals surface area contributed by atoms with Gasteiger partial charge in [0.25, 0.3) is 0 Å². The molecule has 138 valence electrons. The van der Waals surface area contributed by atoms with E-state index < -0.39 is 0 Å². The van der Waals surface area contributed by atoms with E-state index in [1.807, 2.05) is 53.2 Å². The van der Waals surface area contributed by atoms with Gasteiger partial charge >= 0.3 is 0 Å². The maximum Gasteiger partial charge on any atom is 0.236 e. The molecule has 3 rings (SSSR count). The molecule has 1 saturated heterocycles. The van der Waals surface area contributed by atoms with Gasteiger partial charge < -0.3 is 9.80 Å². The third-order valence-electron chi connectivity index (χ3n) is 4.68. The fourth-order valence-corrected chi connectivity index (χ4v) is 3.06. The summed E-state index contributed by atoms with van der Waals surface area (Å²) < 4.78 is 1.81. The molecule has 7 heteroatoms. The van der Waals surface area contributed by atoms with Crippen molar-refractivity contribution in [1.82, 2.24) is 24.5 Å². The molecule has 26 heavy (non-hydrogen) atoms. The Hall–Kier alpha value is -2.67. The van der Waals surface area contributed by atoms with Crippen molar-refractivity contribution in [3.8, 4) is 5.69 Å². The largest absolute Gasteiger partial charge is 0.340 e. The molecule has 0 bridgehead atoms. The number of carbonyl (C=O) groups excluding carboxylic acids is 2. The molecule has 0 atom stereocenters. The van der Waals surface area contributed by atoms with Crippen LogP contribution in [-0.2, 0) is 16.1 Å². The van der Waals surface area contributed by atoms with Gasteiger partial charge in [0.2, 0.25) is 11.8 Å². The third kappa shape index (κ3) is 4.49. The minimum Gasteiger partial charge on any atom is -0.340 e. The first-order chi connectivity index (χ1) is 12.5. The normalized spacial score (nSPS) is 15.1. The Bertz CT molecular complexity index is 750. The van der Waals surface area contributed by atoms with Crippen LogP contribution in [0, 0.1) is 0 Å². The van der Waals surface area contributed by atoms with Crippen molar-refractivity contribution >= 4 is 11.8 Å². The third-order valence-corrected chi connectivity index (χ3v) is 4.68. The predicted molar refractivity (Wildman–Crippen MR) is 98.7 cm³/mol. The number of carbonyl (C=O) groups is 2. The van der Waals surface area contributed by atoms with Gasteiger partial charge in [-0.2, -0.15) is 5.10 Å². The van der Waals surface area contributed by atoms with Gasteiger partial charge in [0.05, 0.1) is 18.4 Å². The molecule has 0 N–H and O–H groups in total. The van der Waals surface area contributed by atoms with Crippen molar-refractivity contribution in [2.45, 2.75) is 13.5 Å². The van der Waals surface area contributed by atoms with Gasteiger partial charge in [0, 0.05) is 58.5 Å². The fourth-order valence-electron chi connectivity index (χ4n) is 3.06. The van der Waals surface area contributed by atoms with E-state index in [0.29, 0.717) is 26.2 Å². The van der Waals surface area contributed by atoms with Gasteiger partial charge in [0.1, 0.15) is 0 Å². The van der Waals surface area contributed by atoms with Crippen LogP contribution in [-0.4, -0.2) is 76.1 Å². The monoisotopic (exact) mass is 355 g/mol. The lowest BCUT2D eigenvalue weighted by molar-refractivity contribution is -0.133. The number of amides is 2. The van der Waals surface area contributed by atoms with Crippen LogP contribution < -0.4 is 0 Å². The molecule has 0 spiro atoms. The van der Waals surface area contributed by atoms with Crippen molar-refractivity contribution in [3.63, 3.8) is 0 Å². The first-order valence-corrected chi connectivity index (χ1v) is 8.84. The SMILES string of the molecule is CC(=O)N1CCN(CC(=O)N(C)Cc2cnn(-c3ccccc3)c2)CC1. The summed E-state index contributed by atoms with van der Waals surface area (Å²) >= 11 is 0. The van der Waals surface area contributed by atoms with E-state index in [9.17, 15) is 9.59 Å². The molecule has 1 aliphatic heterocycles. The van der Waals surface area contributed by atoms with Gasteiger partial charge in [-0.05, 0) is 12.1 Å². The maximum absolute atomic E-state index is 12.5. The lowest BCUT2D eigenvalue weighted by atomic mass is 10.3. The van der Waals surface area contributed by atoms with Crippen LogP contribution in [0.4, 0.5) is 0 Å². The quantitative estimate of drug-likeness (QED) is 0.803. The molecule has 2 amide bonds. The number of likely N-dealkylation sites (N-methyl/N-ethyl adjacent to an activating group) is 1. The summed E-state index contributed by atoms with van der Waals surface area (Å²) in [6, 6.07) is 9.89. The first kappa shape index (κ1) is 18.1. The summed E-state index contributed by atoms with van der Waals surface area (Å²) in [4.78, 5) is 29.5. The Morgan fingerprint density at radius 1 is 1.12 bits per heavy atom. The minimum atomic E-state index is 0.0775. The van der Waals surface area contributed by atoms with Crippen LogP contribution in [0.2, 0.25) is 0 Å². The maximum atomic E-state index is 12.5. The standard InChI is InChI=1S/C19H25N5O2/c1-16(25)23-10-8-22(9-11-23)15-19(26)21(2)13-17-12-20-24(14-17)18-6-4-3-5-7-18/h3-7,12,14H,8-11,13,15H2,1-2H3. The minimum absolute atomic E-state index is 0.0775. The Morgan fingerprint density at radius 3 is 2.46 bits per heavy atom. The summed E-state index contributed by atoms with van der Waals surface area (Å²) in [7, 11) is 1.81. The zero-order chi connectivity index (χ0) is 18.5. The van der Waals surface area contributed by atoms with Gasteiger partial charge in [0.15, 0.2) is 0 Å². The average molecular weight is 355 g/mol. The van der Waals surface area contributed by atoms with Gasteiger partial charge in [-0.1, -0.05) is 18.2 Å². The molecule has 1 aromatic heterocycles. The van der Waals surface area contributed by atoms with Gasteiger partial charge in [-0.25, -0.2) is 4.68 Å². The summed E-state index contributed by atoms with van der Waals surface area (Å²) in [5, 5.41) is 4.37. The molecule has 2 heterocycles. The lowest BCUT2D eigenvalue weighted by Gasteiger charge is -2.34. The smallest absolute Gasteiger partial charge is 0.236 e. The topological polar surface area (TPSA) is 61.7 Å². The van der Waals surface area contributed by atoms with E-state index in [2.05, 4.69) is 10.00 Å². The number of piperazine rings is 1. The van der Waals surface area contributed by atoms with E-state index in [0.717, 1.165) is 24.3 Å². The highest BCUT2D eigenvalue weighted by Gasteiger charge is 2.21. The molecule has 1 aliphatic rings. The van der Waals surface area contributed by atoms with Crippen molar-refractivity contribution in [3.05, 3.63) is 48.3 Å². The first-order valence-electron chi connectivity index (χ1n) is 8.84. The Balaban J connectivity index is 1.50. The highest BCUT2D eigenvalue weighted by atomic mass is 16.2. The predicted octanol–water partition coefficient (Wildman–Crippen LogP) is 0.995. The number of para-hydroxylation sites is 1. The Morgan fingerprint density at radius 2 is 1.81 bits per heavy atom. The van der Waals surface area contributed by atoms with Crippen molar-refractivity contribution in [2.24, 2.45) is 0 Å². The zero-order valence-electron chi connectivity index (χ0n) is 15.3. The van der Waals surface area contributed by atoms with Crippen LogP contribution in [0.25, 0.3) is 5.69 Å². The van der Waals surface area contributed by atoms with E-state index in [1.165, 1.54) is 0 Å². The van der Waals surface area contributed by atoms with E-state index in [4.69, 9.17) is 0 Å². The van der Waals surface area contributed by atoms with Crippen LogP contribution in [0.5, 0.6) is 0 Å². The molecular formula is C19H25N5O2. The van der Waals surface area contributed by atoms with Gasteiger partial charge in [-0.15, -0.1) is 0 Å². The van der Waals surface area contributed by atoms with E-state index in [1.54, 1.807) is 18.0 Å². The number of hydrogen-bond acceptors (Lipinski definition) is 4. The molecule has 0 unspecified atom stereocenters. The summed E-state index contributed by atoms with van der Waals surface area (Å²) in [6.07, 6.45) is 3.74. The van der Waals surface area contributed by atoms with Crippen molar-refractivity contribution in [1.29, 1.82) is 0 Å². The van der Waals surface area contributed by atoms with Crippen molar-refractivity contribution in [2.75, 3.05) is 39.8 Å². The van der Waals surface area contributed by atoms with E-state index >= 15 is 0 Å². The zero-order valence-corrected chi connectivity index (χ0v) is 15.3. The fraction of sp³-hybridized carbons (Fsp3) is 0.421. The summed E-state index contributed by atoms with van der Waals surface area (Å²) in [5.74, 6) is 0.178. The van der Waals surface area contributed by atoms with Crippen molar-refractivity contribution < 1.29 is 9.59 Å². The molecule has 0 radical (unpaired) electrons. The summed E-state index contributed by atoms with van der Waals surface area (Å²) in [6.45, 7) is 5.36. The molecule has 1 fully saturated rings. The second-order valence-corrected chi connectivity index (χ2v) is 6.66. The Labute approximate surface area is 153 Å². The average Bonchev–Trinajstić information content (AvgIpc) is 3.11. The molecule has 0 aliphatic carbocycles. The number of aromatic nitrogens is 2. The van der Waals surface area contributed by atoms with E-state index in [-0.39, 0.29) is 11.8 Å². The molecule has 1 aromatic carbocycles. The number of hydrogen-bond donors (Lipinski definition) is 0. The number of benzene rings is 1. The highest BCUT2D eigenvalue weighted by molar-refractivity contribution is 5.78. The second-order valence-electron chi connectivity index (χ2n) is 6.66. The Kier molecular flexibility index (Phi) is 5.68. The van der Waals surface area contributed by atoms with Gasteiger partial charge in [-0.3, -0.25) is 14.5 Å². The van der Waals surface area contributed by atoms with Crippen LogP contribution in [0.15, 0.2) is 42.7 Å². The van der Waals surface area contributed by atoms with Crippen LogP contribution in [0.1, 0.15) is 12.5 Å². The second kappa shape index (κ2) is 8.14. The molecule has 0 saturated carbocycles. The highest BCUT2D eigenvalue weighted by Crippen LogP contribution is 2.10. The number of nitrogens with zero attached hydrogens (tertiary/aromatic N) is 5. The molecular weight excluding hydrogens is 330 g/mol. The van der Waals surface area contributed by atoms with Crippen LogP contribution in [0.3, 0.4) is 0 Å². The molecule has 7 nitrogen and oxygen atoms in total. The lowest BCUT2D eigenvalue weighted by Crippen LogP contribution is -2.50. The number of rotatable bonds is 5.